The van der Waals surface area contributed by atoms with Gasteiger partial charge in [0, 0.05) is 0 Å². The summed E-state index contributed by atoms with van der Waals surface area (Å²) >= 11 is 0. The molecule has 0 N–H and O–H groups in total. The molecule has 0 heterocycles. The number of unbranched alkanes of at least 4 members (excludes halogenated alkanes) is 2. The lowest BCUT2D eigenvalue weighted by Gasteiger charge is -2.37. The van der Waals surface area contributed by atoms with Crippen molar-refractivity contribution in [1.82, 2.24) is 0 Å². The van der Waals surface area contributed by atoms with Crippen LogP contribution >= 0.6 is 0 Å². The van der Waals surface area contributed by atoms with Crippen LogP contribution in [0.1, 0.15) is 623 Å². The largest absolute Gasteiger partial charge is 0.103 e. The molecule has 144 heavy (non-hydrogen) atoms. The zero-order valence-electron chi connectivity index (χ0n) is 100.0. The van der Waals surface area contributed by atoms with Crippen LogP contribution in [-0.4, -0.2) is 0 Å². The Morgan fingerprint density at radius 2 is 0.292 bits per heavy atom. The summed E-state index contributed by atoms with van der Waals surface area (Å²) in [6, 6.07) is 0. The minimum Gasteiger partial charge on any atom is -0.103 e. The van der Waals surface area contributed by atoms with Gasteiger partial charge in [0.15, 0.2) is 0 Å². The van der Waals surface area contributed by atoms with Gasteiger partial charge in [0.05, 0.1) is 0 Å². The summed E-state index contributed by atoms with van der Waals surface area (Å²) in [6.07, 6.45) is 155. The highest BCUT2D eigenvalue weighted by Gasteiger charge is 2.39. The first kappa shape index (κ1) is 125. The molecule has 0 heteroatoms. The third-order valence-electron chi connectivity index (χ3n) is 44.7. The Hall–Kier alpha value is -2.08. The molecule has 16 aliphatic carbocycles. The monoisotopic (exact) mass is 1990 g/mol. The molecule has 16 aliphatic rings. The predicted molar refractivity (Wildman–Crippen MR) is 645 cm³/mol. The minimum absolute atomic E-state index is 0.836. The maximum Gasteiger partial charge on any atom is -0.0233 e. The van der Waals surface area contributed by atoms with Crippen molar-refractivity contribution in [3.63, 3.8) is 0 Å². The van der Waals surface area contributed by atoms with E-state index in [1.807, 2.05) is 0 Å². The van der Waals surface area contributed by atoms with E-state index in [1.165, 1.54) is 462 Å². The van der Waals surface area contributed by atoms with Crippen LogP contribution in [-0.2, 0) is 0 Å². The van der Waals surface area contributed by atoms with Crippen LogP contribution < -0.4 is 0 Å². The lowest BCUT2D eigenvalue weighted by Crippen LogP contribution is -2.25. The first-order chi connectivity index (χ1) is 70.6. The van der Waals surface area contributed by atoms with Crippen LogP contribution in [0.5, 0.6) is 0 Å². The van der Waals surface area contributed by atoms with E-state index in [4.69, 9.17) is 0 Å². The van der Waals surface area contributed by atoms with Gasteiger partial charge in [-0.05, 0) is 537 Å². The van der Waals surface area contributed by atoms with E-state index in [2.05, 4.69) is 195 Å². The average Bonchev–Trinajstić information content (AvgIpc) is 0.876. The van der Waals surface area contributed by atoms with Crippen LogP contribution in [0.25, 0.3) is 0 Å². The van der Waals surface area contributed by atoms with E-state index in [9.17, 15) is 0 Å². The Kier molecular flexibility index (Phi) is 66.6. The molecule has 0 amide bonds. The zero-order valence-corrected chi connectivity index (χ0v) is 100.0. The summed E-state index contributed by atoms with van der Waals surface area (Å²) in [5, 5.41) is 0. The molecule has 16 saturated carbocycles. The van der Waals surface area contributed by atoms with Gasteiger partial charge in [-0.1, -0.05) is 361 Å². The lowest BCUT2D eigenvalue weighted by atomic mass is 9.68. The van der Waals surface area contributed by atoms with E-state index in [-0.39, 0.29) is 0 Å². The highest BCUT2D eigenvalue weighted by Crippen LogP contribution is 2.52. The normalized spacial score (nSPS) is 37.9. The van der Waals surface area contributed by atoms with Gasteiger partial charge in [0.25, 0.3) is 0 Å². The van der Waals surface area contributed by atoms with E-state index in [0.29, 0.717) is 0 Å². The van der Waals surface area contributed by atoms with Crippen molar-refractivity contribution in [3.05, 3.63) is 98.2 Å². The van der Waals surface area contributed by atoms with Crippen LogP contribution in [0.15, 0.2) is 98.2 Å². The number of hydrogen-bond acceptors (Lipinski definition) is 0. The summed E-state index contributed by atoms with van der Waals surface area (Å²) in [7, 11) is 0. The SMILES string of the molecule is C/C=C/C1CCC(C2CCC(CC)CC2)CC1.C/C=C/C1CCC(C2CCC(CCC)CC2)CC1.C=CC1CCC(C2CCC(CC)CC2)CC1.C=CC1CCC(C2CCC(CCC)CC2)CC1.CC/C=C/C1CCC(C2CCC(CC)CC2)CC1.CC/C=C/C1CCC(C2CCC(CCC)CC2)CC1.CCC/C=C/C1CCC(C2CCC(CC)CC2)CC1.CCC/C=C/C1CCC(C2CCC(CCC)CC2)CC1. The topological polar surface area (TPSA) is 0 Å². The van der Waals surface area contributed by atoms with Crippen molar-refractivity contribution < 1.29 is 0 Å². The van der Waals surface area contributed by atoms with E-state index in [1.54, 1.807) is 64.2 Å². The second kappa shape index (κ2) is 76.5. The van der Waals surface area contributed by atoms with Gasteiger partial charge in [-0.3, -0.25) is 0 Å². The van der Waals surface area contributed by atoms with Gasteiger partial charge in [0.1, 0.15) is 0 Å². The molecule has 0 spiro atoms. The van der Waals surface area contributed by atoms with Gasteiger partial charge in [-0.25, -0.2) is 0 Å². The molecule has 0 saturated heterocycles. The summed E-state index contributed by atoms with van der Waals surface area (Å²) in [6.45, 7) is 40.1. The molecule has 832 valence electrons. The average molecular weight is 1990 g/mol. The molecule has 0 aromatic heterocycles. The third-order valence-corrected chi connectivity index (χ3v) is 44.7. The van der Waals surface area contributed by atoms with Crippen LogP contribution in [0.3, 0.4) is 0 Å². The molecule has 0 unspecified atom stereocenters. The molecule has 0 aromatic carbocycles. The fourth-order valence-corrected chi connectivity index (χ4v) is 34.4. The van der Waals surface area contributed by atoms with Crippen molar-refractivity contribution in [2.45, 2.75) is 623 Å². The fraction of sp³-hybridized carbons (Fsp3) is 0.889. The van der Waals surface area contributed by atoms with E-state index < -0.39 is 0 Å². The summed E-state index contributed by atoms with van der Waals surface area (Å²) < 4.78 is 0. The van der Waals surface area contributed by atoms with Crippen molar-refractivity contribution in [2.75, 3.05) is 0 Å². The van der Waals surface area contributed by atoms with Gasteiger partial charge in [-0.2, -0.15) is 0 Å². The molecular formula is C144H256. The predicted octanol–water partition coefficient (Wildman–Crippen LogP) is 47.8. The number of hydrogen-bond donors (Lipinski definition) is 0. The molecule has 0 aromatic rings. The number of rotatable bonds is 34. The van der Waals surface area contributed by atoms with Crippen molar-refractivity contribution in [1.29, 1.82) is 0 Å². The molecule has 0 radical (unpaired) electrons. The first-order valence-electron chi connectivity index (χ1n) is 67.8. The smallest absolute Gasteiger partial charge is 0.0233 e. The lowest BCUT2D eigenvalue weighted by molar-refractivity contribution is 0.152. The standard InChI is InChI=1S/C20H36.2C19H34.2C18H32.2C17H30.C16H28/c1-3-5-6-8-18-11-15-20(16-12-18)19-13-9-17(7-4-2)10-14-19;1-3-5-6-7-17-10-14-19(15-11-17)18-12-8-16(4-2)9-13-18;1-3-5-7-17-10-14-19(15-11-17)18-12-8-16(6-4-2)9-13-18;1-3-5-6-16-9-13-18(14-10-16)17-11-7-15(4-2)8-12-17;1-3-5-15-7-11-17(12-8-15)18-13-9-16(6-4-2)10-14-18;2*1-3-5-15-8-12-17(13-9-15)16-10-6-14(4-2)7-11-16;1-3-13-5-9-15(10-6-13)16-11-7-14(4-2)8-12-16/h6,8,17-20H,3-5,7,9-16H2,1-2H3;6-7,16-19H,3-5,8-15H2,1-2H3;5,7,16-19H,3-4,6,8-15H2,1-2H3;5-6,15-18H,3-4,7-14H2,1-2H3;3,5,15-18H,4,6-14H2,1-2H3;3,5,14-17H,4,6-13H2,1-2H3;4,14-17H,2-3,5-13H2,1H3;3,13-16H,1,4-12H2,2H3/b8-6+;7-6+;7-5+;6-5+;2*5-3+;;. The summed E-state index contributed by atoms with van der Waals surface area (Å²) in [4.78, 5) is 0. The molecule has 16 fully saturated rings. The third kappa shape index (κ3) is 47.7. The number of allylic oxidation sites excluding steroid dienone is 14. The van der Waals surface area contributed by atoms with Crippen LogP contribution in [0.4, 0.5) is 0 Å². The van der Waals surface area contributed by atoms with Crippen LogP contribution in [0, 0.1) is 189 Å². The highest BCUT2D eigenvalue weighted by molar-refractivity contribution is 5.00. The van der Waals surface area contributed by atoms with Crippen molar-refractivity contribution in [3.8, 4) is 0 Å². The maximum absolute atomic E-state index is 3.95. The second-order valence-corrected chi connectivity index (χ2v) is 54.1. The molecule has 0 atom stereocenters. The molecule has 16 rings (SSSR count). The van der Waals surface area contributed by atoms with E-state index in [0.717, 1.165) is 189 Å². The quantitative estimate of drug-likeness (QED) is 0.0564. The van der Waals surface area contributed by atoms with Gasteiger partial charge < -0.3 is 0 Å². The minimum atomic E-state index is 0.836. The van der Waals surface area contributed by atoms with Gasteiger partial charge in [-0.15, -0.1) is 13.2 Å². The second-order valence-electron chi connectivity index (χ2n) is 54.1. The Morgan fingerprint density at radius 1 is 0.153 bits per heavy atom. The molecule has 0 bridgehead atoms. The summed E-state index contributed by atoms with van der Waals surface area (Å²) in [5.74, 6) is 32.9. The van der Waals surface area contributed by atoms with Crippen molar-refractivity contribution in [2.24, 2.45) is 189 Å². The van der Waals surface area contributed by atoms with Gasteiger partial charge in [0.2, 0.25) is 0 Å². The summed E-state index contributed by atoms with van der Waals surface area (Å²) in [5.41, 5.74) is 0. The van der Waals surface area contributed by atoms with Gasteiger partial charge >= 0.3 is 0 Å². The fourth-order valence-electron chi connectivity index (χ4n) is 34.4. The Balaban J connectivity index is 0.000000183. The highest BCUT2D eigenvalue weighted by atomic mass is 14.4. The Bertz CT molecular complexity index is 3160. The van der Waals surface area contributed by atoms with E-state index >= 15 is 0 Å². The zero-order chi connectivity index (χ0) is 102. The molecule has 0 aliphatic heterocycles. The van der Waals surface area contributed by atoms with Crippen LogP contribution in [0.2, 0.25) is 0 Å². The Labute approximate surface area is 904 Å². The molecule has 0 nitrogen and oxygen atoms in total. The molecular weight excluding hydrogens is 1730 g/mol. The maximum atomic E-state index is 3.95. The van der Waals surface area contributed by atoms with Crippen molar-refractivity contribution >= 4 is 0 Å². The Morgan fingerprint density at radius 3 is 0.424 bits per heavy atom. The first-order valence-corrected chi connectivity index (χ1v) is 67.8.